The first-order valence-corrected chi connectivity index (χ1v) is 13.9. The van der Waals surface area contributed by atoms with Crippen molar-refractivity contribution < 1.29 is 0 Å². The van der Waals surface area contributed by atoms with Crippen molar-refractivity contribution in [3.8, 4) is 22.5 Å². The number of hydrogen-bond donors (Lipinski definition) is 0. The van der Waals surface area contributed by atoms with Crippen molar-refractivity contribution in [3.05, 3.63) is 145 Å². The minimum atomic E-state index is 1.19. The second kappa shape index (κ2) is 8.72. The van der Waals surface area contributed by atoms with Crippen molar-refractivity contribution in [2.24, 2.45) is 0 Å². The molecule has 0 saturated carbocycles. The van der Waals surface area contributed by atoms with Crippen LogP contribution in [0.5, 0.6) is 0 Å². The first-order valence-electron chi connectivity index (χ1n) is 13.9. The average molecular weight is 513 g/mol. The number of rotatable bonds is 3. The van der Waals surface area contributed by atoms with E-state index in [1.54, 1.807) is 0 Å². The summed E-state index contributed by atoms with van der Waals surface area (Å²) in [6.45, 7) is 4.45. The molecule has 0 bridgehead atoms. The molecule has 0 amide bonds. The summed E-state index contributed by atoms with van der Waals surface area (Å²) in [5.41, 5.74) is 12.4. The Morgan fingerprint density at radius 1 is 0.400 bits per heavy atom. The molecule has 2 nitrogen and oxygen atoms in total. The van der Waals surface area contributed by atoms with Crippen LogP contribution in [-0.4, -0.2) is 9.13 Å². The van der Waals surface area contributed by atoms with Crippen molar-refractivity contribution >= 4 is 43.6 Å². The van der Waals surface area contributed by atoms with E-state index >= 15 is 0 Å². The molecule has 0 saturated heterocycles. The third-order valence-corrected chi connectivity index (χ3v) is 8.38. The van der Waals surface area contributed by atoms with Gasteiger partial charge in [-0.15, -0.1) is 0 Å². The van der Waals surface area contributed by atoms with Crippen molar-refractivity contribution in [1.82, 2.24) is 9.13 Å². The second-order valence-electron chi connectivity index (χ2n) is 10.7. The molecule has 2 heterocycles. The van der Waals surface area contributed by atoms with Gasteiger partial charge in [-0.25, -0.2) is 0 Å². The minimum Gasteiger partial charge on any atom is -0.309 e. The average Bonchev–Trinajstić information content (AvgIpc) is 3.50. The topological polar surface area (TPSA) is 9.86 Å². The van der Waals surface area contributed by atoms with E-state index in [0.29, 0.717) is 0 Å². The second-order valence-corrected chi connectivity index (χ2v) is 10.7. The van der Waals surface area contributed by atoms with Crippen molar-refractivity contribution in [3.63, 3.8) is 0 Å². The molecule has 0 radical (unpaired) electrons. The lowest BCUT2D eigenvalue weighted by molar-refractivity contribution is 1.15. The number of benzene rings is 6. The fraction of sp³-hybridized carbons (Fsp3) is 0.0526. The van der Waals surface area contributed by atoms with Gasteiger partial charge in [0.15, 0.2) is 0 Å². The molecule has 0 spiro atoms. The van der Waals surface area contributed by atoms with Crippen LogP contribution in [0.1, 0.15) is 11.1 Å². The van der Waals surface area contributed by atoms with Crippen LogP contribution in [-0.2, 0) is 0 Å². The molecule has 8 rings (SSSR count). The van der Waals surface area contributed by atoms with Gasteiger partial charge in [-0.05, 0) is 84.6 Å². The molecule has 8 aromatic rings. The Labute approximate surface area is 233 Å². The number of nitrogens with zero attached hydrogens (tertiary/aromatic N) is 2. The van der Waals surface area contributed by atoms with Crippen LogP contribution in [0.15, 0.2) is 133 Å². The molecule has 2 aromatic heterocycles. The van der Waals surface area contributed by atoms with Gasteiger partial charge in [-0.1, -0.05) is 84.9 Å². The molecule has 0 N–H and O–H groups in total. The monoisotopic (exact) mass is 512 g/mol. The van der Waals surface area contributed by atoms with Crippen molar-refractivity contribution in [1.29, 1.82) is 0 Å². The highest BCUT2D eigenvalue weighted by Gasteiger charge is 2.15. The van der Waals surface area contributed by atoms with E-state index in [0.717, 1.165) is 0 Å². The van der Waals surface area contributed by atoms with Crippen LogP contribution in [0, 0.1) is 13.8 Å². The number of aromatic nitrogens is 2. The predicted octanol–water partition coefficient (Wildman–Crippen LogP) is 10.2. The normalized spacial score (nSPS) is 11.8. The Kier molecular flexibility index (Phi) is 4.99. The van der Waals surface area contributed by atoms with Crippen LogP contribution in [0.3, 0.4) is 0 Å². The molecule has 0 aliphatic rings. The summed E-state index contributed by atoms with van der Waals surface area (Å²) in [7, 11) is 0. The lowest BCUT2D eigenvalue weighted by atomic mass is 9.97. The molecule has 2 heteroatoms. The SMILES string of the molecule is Cc1cc(-n2c3ccccc3c3ccccc32)ccc1-c1ccc(-n2c3ccccc3c3ccccc32)c(C)c1. The molecule has 0 aliphatic heterocycles. The molecule has 40 heavy (non-hydrogen) atoms. The summed E-state index contributed by atoms with van der Waals surface area (Å²) >= 11 is 0. The van der Waals surface area contributed by atoms with Crippen molar-refractivity contribution in [2.45, 2.75) is 13.8 Å². The molecular weight excluding hydrogens is 484 g/mol. The summed E-state index contributed by atoms with van der Waals surface area (Å²) in [6, 6.07) is 48.5. The van der Waals surface area contributed by atoms with Crippen LogP contribution >= 0.6 is 0 Å². The maximum Gasteiger partial charge on any atom is 0.0541 e. The molecule has 0 atom stereocenters. The summed E-state index contributed by atoms with van der Waals surface area (Å²) in [5.74, 6) is 0. The summed E-state index contributed by atoms with van der Waals surface area (Å²) < 4.78 is 4.79. The number of hydrogen-bond acceptors (Lipinski definition) is 0. The number of fused-ring (bicyclic) bond motifs is 6. The smallest absolute Gasteiger partial charge is 0.0541 e. The van der Waals surface area contributed by atoms with Crippen LogP contribution < -0.4 is 0 Å². The first-order chi connectivity index (χ1) is 19.7. The highest BCUT2D eigenvalue weighted by molar-refractivity contribution is 6.10. The Balaban J connectivity index is 1.25. The van der Waals surface area contributed by atoms with Gasteiger partial charge in [0.05, 0.1) is 22.1 Å². The summed E-state index contributed by atoms with van der Waals surface area (Å²) in [5, 5.41) is 5.16. The summed E-state index contributed by atoms with van der Waals surface area (Å²) in [4.78, 5) is 0. The Morgan fingerprint density at radius 2 is 0.875 bits per heavy atom. The zero-order valence-electron chi connectivity index (χ0n) is 22.6. The van der Waals surface area contributed by atoms with Crippen LogP contribution in [0.4, 0.5) is 0 Å². The fourth-order valence-corrected chi connectivity index (χ4v) is 6.57. The van der Waals surface area contributed by atoms with E-state index < -0.39 is 0 Å². The molecule has 0 unspecified atom stereocenters. The Hall–Kier alpha value is -5.08. The van der Waals surface area contributed by atoms with Crippen molar-refractivity contribution in [2.75, 3.05) is 0 Å². The number of para-hydroxylation sites is 4. The third-order valence-electron chi connectivity index (χ3n) is 8.38. The van der Waals surface area contributed by atoms with Crippen LogP contribution in [0.25, 0.3) is 66.1 Å². The molecule has 0 fully saturated rings. The van der Waals surface area contributed by atoms with E-state index in [1.165, 1.54) is 77.2 Å². The first kappa shape index (κ1) is 22.9. The Bertz CT molecular complexity index is 2140. The van der Waals surface area contributed by atoms with Gasteiger partial charge in [0, 0.05) is 32.9 Å². The zero-order valence-corrected chi connectivity index (χ0v) is 22.6. The molecule has 0 aliphatic carbocycles. The van der Waals surface area contributed by atoms with Crippen LogP contribution in [0.2, 0.25) is 0 Å². The molecule has 190 valence electrons. The van der Waals surface area contributed by atoms with Gasteiger partial charge >= 0.3 is 0 Å². The quantitative estimate of drug-likeness (QED) is 0.223. The van der Waals surface area contributed by atoms with E-state index in [2.05, 4.69) is 156 Å². The van der Waals surface area contributed by atoms with E-state index in [1.807, 2.05) is 0 Å². The minimum absolute atomic E-state index is 1.19. The molecular formula is C38H28N2. The van der Waals surface area contributed by atoms with E-state index in [-0.39, 0.29) is 0 Å². The maximum atomic E-state index is 2.40. The van der Waals surface area contributed by atoms with Gasteiger partial charge in [0.25, 0.3) is 0 Å². The molecule has 6 aromatic carbocycles. The summed E-state index contributed by atoms with van der Waals surface area (Å²) in [6.07, 6.45) is 0. The van der Waals surface area contributed by atoms with Gasteiger partial charge in [0.1, 0.15) is 0 Å². The number of aryl methyl sites for hydroxylation is 2. The van der Waals surface area contributed by atoms with Gasteiger partial charge < -0.3 is 9.13 Å². The standard InChI is InChI=1S/C38H28N2/c1-25-24-28(39-35-15-7-3-11-30(35)31-12-4-8-16-36(31)39)20-21-29(25)27-19-22-34(26(2)23-27)40-37-17-9-5-13-32(37)33-14-6-10-18-38(33)40/h3-24H,1-2H3. The highest BCUT2D eigenvalue weighted by atomic mass is 15.0. The largest absolute Gasteiger partial charge is 0.309 e. The Morgan fingerprint density at radius 3 is 1.35 bits per heavy atom. The van der Waals surface area contributed by atoms with Gasteiger partial charge in [0.2, 0.25) is 0 Å². The maximum absolute atomic E-state index is 2.40. The third kappa shape index (κ3) is 3.29. The predicted molar refractivity (Wildman–Crippen MR) is 170 cm³/mol. The fourth-order valence-electron chi connectivity index (χ4n) is 6.57. The highest BCUT2D eigenvalue weighted by Crippen LogP contribution is 2.36. The van der Waals surface area contributed by atoms with Gasteiger partial charge in [-0.2, -0.15) is 0 Å². The van der Waals surface area contributed by atoms with Gasteiger partial charge in [-0.3, -0.25) is 0 Å². The zero-order chi connectivity index (χ0) is 26.8. The van der Waals surface area contributed by atoms with E-state index in [4.69, 9.17) is 0 Å². The lowest BCUT2D eigenvalue weighted by Crippen LogP contribution is -1.98. The lowest BCUT2D eigenvalue weighted by Gasteiger charge is -2.15. The van der Waals surface area contributed by atoms with E-state index in [9.17, 15) is 0 Å².